The van der Waals surface area contributed by atoms with Gasteiger partial charge >= 0.3 is 11.9 Å². The Morgan fingerprint density at radius 1 is 1.12 bits per heavy atom. The molecule has 0 saturated carbocycles. The molecule has 11 nitrogen and oxygen atoms in total. The number of anilines is 1. The molecule has 1 heterocycles. The van der Waals surface area contributed by atoms with Crippen molar-refractivity contribution in [1.29, 1.82) is 0 Å². The lowest BCUT2D eigenvalue weighted by molar-refractivity contribution is -0.139. The van der Waals surface area contributed by atoms with Crippen molar-refractivity contribution in [2.45, 2.75) is 12.1 Å². The highest BCUT2D eigenvalue weighted by atomic mass is 32.2. The summed E-state index contributed by atoms with van der Waals surface area (Å²) in [5.74, 6) is -1.54. The fraction of sp³-hybridized carbons (Fsp3) is 0.200. The van der Waals surface area contributed by atoms with Crippen molar-refractivity contribution in [2.24, 2.45) is 0 Å². The highest BCUT2D eigenvalue weighted by Crippen LogP contribution is 2.19. The van der Waals surface area contributed by atoms with Gasteiger partial charge in [0.1, 0.15) is 5.75 Å². The fourth-order valence-corrected chi connectivity index (χ4v) is 3.18. The molecule has 0 radical (unpaired) electrons. The van der Waals surface area contributed by atoms with Gasteiger partial charge in [-0.25, -0.2) is 4.79 Å². The van der Waals surface area contributed by atoms with Gasteiger partial charge in [-0.3, -0.25) is 9.59 Å². The first-order chi connectivity index (χ1) is 15.5. The molecule has 3 aromatic rings. The zero-order valence-electron chi connectivity index (χ0n) is 16.9. The van der Waals surface area contributed by atoms with E-state index in [0.29, 0.717) is 23.1 Å². The minimum absolute atomic E-state index is 0.00455. The number of thioether (sulfide) groups is 1. The van der Waals surface area contributed by atoms with Crippen LogP contribution < -0.4 is 5.32 Å². The van der Waals surface area contributed by atoms with Gasteiger partial charge in [0.2, 0.25) is 5.16 Å². The highest BCUT2D eigenvalue weighted by molar-refractivity contribution is 7.99. The standard InChI is InChI=1S/C20H19N5O6S/c1-2-30-18(28)12-32-20-22-23-24-25(20)15-8-6-13(7-9-15)19(29)31-11-17(27)21-14-4-3-5-16(26)10-14/h3-10,26H,2,11-12H2,1H3,(H,21,27). The second kappa shape index (κ2) is 10.9. The summed E-state index contributed by atoms with van der Waals surface area (Å²) >= 11 is 1.12. The van der Waals surface area contributed by atoms with E-state index in [0.717, 1.165) is 11.8 Å². The van der Waals surface area contributed by atoms with Crippen molar-refractivity contribution in [3.05, 3.63) is 54.1 Å². The van der Waals surface area contributed by atoms with Crippen LogP contribution in [0.1, 0.15) is 17.3 Å². The molecule has 1 aromatic heterocycles. The molecule has 2 N–H and O–H groups in total. The Kier molecular flexibility index (Phi) is 7.75. The van der Waals surface area contributed by atoms with Crippen LogP contribution >= 0.6 is 11.8 Å². The van der Waals surface area contributed by atoms with E-state index < -0.39 is 18.5 Å². The summed E-state index contributed by atoms with van der Waals surface area (Å²) in [7, 11) is 0. The quantitative estimate of drug-likeness (QED) is 0.360. The number of nitrogens with one attached hydrogen (secondary N) is 1. The summed E-state index contributed by atoms with van der Waals surface area (Å²) < 4.78 is 11.3. The number of phenolic OH excluding ortho intramolecular Hbond substituents is 1. The molecule has 0 aliphatic heterocycles. The van der Waals surface area contributed by atoms with E-state index in [1.54, 1.807) is 31.2 Å². The van der Waals surface area contributed by atoms with Crippen molar-refractivity contribution >= 4 is 35.3 Å². The van der Waals surface area contributed by atoms with Gasteiger partial charge in [0.25, 0.3) is 5.91 Å². The third-order valence-corrected chi connectivity index (χ3v) is 4.77. The van der Waals surface area contributed by atoms with E-state index >= 15 is 0 Å². The van der Waals surface area contributed by atoms with Gasteiger partial charge < -0.3 is 19.9 Å². The van der Waals surface area contributed by atoms with Crippen molar-refractivity contribution in [3.8, 4) is 11.4 Å². The van der Waals surface area contributed by atoms with Crippen LogP contribution in [0.4, 0.5) is 5.69 Å². The van der Waals surface area contributed by atoms with Crippen LogP contribution in [0.2, 0.25) is 0 Å². The molecular formula is C20H19N5O6S. The largest absolute Gasteiger partial charge is 0.508 e. The van der Waals surface area contributed by atoms with Gasteiger partial charge in [-0.05, 0) is 53.7 Å². The lowest BCUT2D eigenvalue weighted by Gasteiger charge is -2.08. The third-order valence-electron chi connectivity index (χ3n) is 3.88. The Bertz CT molecular complexity index is 1100. The molecule has 0 aliphatic carbocycles. The maximum Gasteiger partial charge on any atom is 0.338 e. The Morgan fingerprint density at radius 3 is 2.62 bits per heavy atom. The number of hydrogen-bond acceptors (Lipinski definition) is 10. The third kappa shape index (κ3) is 6.28. The molecule has 2 aromatic carbocycles. The van der Waals surface area contributed by atoms with Gasteiger partial charge in [0.05, 0.1) is 23.6 Å². The molecule has 0 saturated heterocycles. The summed E-state index contributed by atoms with van der Waals surface area (Å²) in [5, 5.41) is 23.7. The molecule has 0 fully saturated rings. The van der Waals surface area contributed by atoms with E-state index in [2.05, 4.69) is 20.8 Å². The number of esters is 2. The van der Waals surface area contributed by atoms with E-state index in [-0.39, 0.29) is 23.0 Å². The number of carbonyl (C=O) groups is 3. The summed E-state index contributed by atoms with van der Waals surface area (Å²) in [4.78, 5) is 35.7. The minimum atomic E-state index is -0.684. The molecular weight excluding hydrogens is 438 g/mol. The number of tetrazole rings is 1. The van der Waals surface area contributed by atoms with Crippen LogP contribution in [-0.4, -0.2) is 62.1 Å². The highest BCUT2D eigenvalue weighted by Gasteiger charge is 2.14. The maximum atomic E-state index is 12.2. The molecule has 166 valence electrons. The zero-order chi connectivity index (χ0) is 22.9. The zero-order valence-corrected chi connectivity index (χ0v) is 17.7. The maximum absolute atomic E-state index is 12.2. The van der Waals surface area contributed by atoms with E-state index in [1.807, 2.05) is 0 Å². The number of aromatic nitrogens is 4. The number of amides is 1. The topological polar surface area (TPSA) is 146 Å². The number of phenols is 1. The van der Waals surface area contributed by atoms with Crippen LogP contribution in [0, 0.1) is 0 Å². The van der Waals surface area contributed by atoms with Gasteiger partial charge in [0.15, 0.2) is 6.61 Å². The van der Waals surface area contributed by atoms with Gasteiger partial charge in [-0.1, -0.05) is 17.8 Å². The van der Waals surface area contributed by atoms with Crippen LogP contribution in [0.3, 0.4) is 0 Å². The van der Waals surface area contributed by atoms with Crippen molar-refractivity contribution in [3.63, 3.8) is 0 Å². The van der Waals surface area contributed by atoms with E-state index in [4.69, 9.17) is 9.47 Å². The summed E-state index contributed by atoms with van der Waals surface area (Å²) in [5.41, 5.74) is 1.18. The Hall–Kier alpha value is -3.93. The molecule has 3 rings (SSSR count). The molecule has 0 bridgehead atoms. The average molecular weight is 457 g/mol. The SMILES string of the molecule is CCOC(=O)CSc1nnnn1-c1ccc(C(=O)OCC(=O)Nc2cccc(O)c2)cc1. The summed E-state index contributed by atoms with van der Waals surface area (Å²) in [6.45, 7) is 1.53. The number of benzene rings is 2. The smallest absolute Gasteiger partial charge is 0.338 e. The van der Waals surface area contributed by atoms with Gasteiger partial charge in [-0.2, -0.15) is 4.68 Å². The number of rotatable bonds is 9. The molecule has 0 atom stereocenters. The van der Waals surface area contributed by atoms with Gasteiger partial charge in [0, 0.05) is 11.8 Å². The normalized spacial score (nSPS) is 10.4. The lowest BCUT2D eigenvalue weighted by atomic mass is 10.2. The first-order valence-electron chi connectivity index (χ1n) is 9.39. The second-order valence-electron chi connectivity index (χ2n) is 6.19. The number of carbonyl (C=O) groups excluding carboxylic acids is 3. The number of nitrogens with zero attached hydrogens (tertiary/aromatic N) is 4. The summed E-state index contributed by atoms with van der Waals surface area (Å²) in [6, 6.07) is 12.2. The number of ether oxygens (including phenoxy) is 2. The van der Waals surface area contributed by atoms with Crippen molar-refractivity contribution in [2.75, 3.05) is 24.3 Å². The van der Waals surface area contributed by atoms with Crippen molar-refractivity contribution in [1.82, 2.24) is 20.2 Å². The molecule has 32 heavy (non-hydrogen) atoms. The molecule has 0 unspecified atom stereocenters. The number of aromatic hydroxyl groups is 1. The van der Waals surface area contributed by atoms with E-state index in [9.17, 15) is 19.5 Å². The van der Waals surface area contributed by atoms with Crippen LogP contribution in [0.15, 0.2) is 53.7 Å². The van der Waals surface area contributed by atoms with Crippen molar-refractivity contribution < 1.29 is 29.0 Å². The molecule has 0 spiro atoms. The predicted octanol–water partition coefficient (Wildman–Crippen LogP) is 1.82. The Morgan fingerprint density at radius 2 is 1.91 bits per heavy atom. The Labute approximate surface area is 186 Å². The van der Waals surface area contributed by atoms with E-state index in [1.165, 1.54) is 28.9 Å². The summed E-state index contributed by atoms with van der Waals surface area (Å²) in [6.07, 6.45) is 0. The first kappa shape index (κ1) is 22.7. The average Bonchev–Trinajstić information content (AvgIpc) is 3.25. The van der Waals surface area contributed by atoms with Crippen LogP contribution in [-0.2, 0) is 19.1 Å². The first-order valence-corrected chi connectivity index (χ1v) is 10.4. The van der Waals surface area contributed by atoms with Crippen LogP contribution in [0.5, 0.6) is 5.75 Å². The number of hydrogen-bond donors (Lipinski definition) is 2. The fourth-order valence-electron chi connectivity index (χ4n) is 2.49. The molecule has 0 aliphatic rings. The second-order valence-corrected chi connectivity index (χ2v) is 7.13. The minimum Gasteiger partial charge on any atom is -0.508 e. The molecule has 1 amide bonds. The Balaban J connectivity index is 1.55. The molecule has 12 heteroatoms. The van der Waals surface area contributed by atoms with Crippen LogP contribution in [0.25, 0.3) is 5.69 Å². The van der Waals surface area contributed by atoms with Gasteiger partial charge in [-0.15, -0.1) is 5.10 Å². The lowest BCUT2D eigenvalue weighted by Crippen LogP contribution is -2.20. The monoisotopic (exact) mass is 457 g/mol. The predicted molar refractivity (Wildman–Crippen MR) is 114 cm³/mol.